The number of fused-ring (bicyclic) bond motifs is 9. The number of anilines is 6. The molecule has 2 aliphatic rings. The first-order chi connectivity index (χ1) is 30.0. The molecular formula is C55H32F2N4. The van der Waals surface area contributed by atoms with Crippen molar-refractivity contribution < 1.29 is 8.78 Å². The lowest BCUT2D eigenvalue weighted by molar-refractivity contribution is 0.628. The summed E-state index contributed by atoms with van der Waals surface area (Å²) >= 11 is 0. The van der Waals surface area contributed by atoms with Crippen molar-refractivity contribution in [3.63, 3.8) is 0 Å². The van der Waals surface area contributed by atoms with Gasteiger partial charge < -0.3 is 9.80 Å². The van der Waals surface area contributed by atoms with Crippen molar-refractivity contribution in [2.75, 3.05) is 9.80 Å². The van der Waals surface area contributed by atoms with Crippen molar-refractivity contribution in [3.05, 3.63) is 239 Å². The maximum absolute atomic E-state index is 16.1. The summed E-state index contributed by atoms with van der Waals surface area (Å²) in [4.78, 5) is 3.82. The van der Waals surface area contributed by atoms with E-state index >= 15 is 8.78 Å². The van der Waals surface area contributed by atoms with Crippen molar-refractivity contribution in [2.45, 2.75) is 5.41 Å². The molecule has 9 aromatic rings. The van der Waals surface area contributed by atoms with E-state index in [1.165, 1.54) is 12.1 Å². The molecule has 0 N–H and O–H groups in total. The van der Waals surface area contributed by atoms with Crippen LogP contribution < -0.4 is 9.80 Å². The molecule has 4 nitrogen and oxygen atoms in total. The quantitative estimate of drug-likeness (QED) is 0.168. The third-order valence-corrected chi connectivity index (χ3v) is 12.2. The van der Waals surface area contributed by atoms with Crippen LogP contribution in [0.4, 0.5) is 42.9 Å². The first kappa shape index (κ1) is 35.8. The molecule has 0 aliphatic heterocycles. The predicted molar refractivity (Wildman–Crippen MR) is 239 cm³/mol. The van der Waals surface area contributed by atoms with Crippen LogP contribution in [0.15, 0.2) is 194 Å². The molecule has 6 heteroatoms. The van der Waals surface area contributed by atoms with Crippen molar-refractivity contribution >= 4 is 44.9 Å². The minimum atomic E-state index is -0.877. The summed E-state index contributed by atoms with van der Waals surface area (Å²) < 4.78 is 32.1. The highest BCUT2D eigenvalue weighted by atomic mass is 19.1. The Morgan fingerprint density at radius 2 is 0.803 bits per heavy atom. The second kappa shape index (κ2) is 13.9. The maximum atomic E-state index is 16.1. The highest BCUT2D eigenvalue weighted by molar-refractivity contribution is 6.07. The molecule has 0 fully saturated rings. The number of nitriles is 2. The molecule has 61 heavy (non-hydrogen) atoms. The van der Waals surface area contributed by atoms with Crippen LogP contribution in [-0.4, -0.2) is 0 Å². The molecule has 11 rings (SSSR count). The summed E-state index contributed by atoms with van der Waals surface area (Å²) in [6.45, 7) is 0. The lowest BCUT2D eigenvalue weighted by Gasteiger charge is -2.41. The van der Waals surface area contributed by atoms with E-state index in [1.807, 2.05) is 58.3 Å². The van der Waals surface area contributed by atoms with Gasteiger partial charge in [-0.05, 0) is 152 Å². The number of rotatable bonds is 6. The zero-order valence-electron chi connectivity index (χ0n) is 32.5. The number of halogens is 2. The fraction of sp³-hybridized carbons (Fsp3) is 0.0182. The van der Waals surface area contributed by atoms with E-state index in [2.05, 4.69) is 97.1 Å². The van der Waals surface area contributed by atoms with Crippen molar-refractivity contribution in [1.82, 2.24) is 0 Å². The molecule has 1 spiro atoms. The number of nitrogens with zero attached hydrogens (tertiary/aromatic N) is 4. The molecule has 2 aliphatic carbocycles. The van der Waals surface area contributed by atoms with E-state index in [-0.39, 0.29) is 11.6 Å². The van der Waals surface area contributed by atoms with Gasteiger partial charge in [-0.15, -0.1) is 0 Å². The molecule has 1 unspecified atom stereocenters. The molecule has 286 valence electrons. The van der Waals surface area contributed by atoms with Crippen molar-refractivity contribution in [2.24, 2.45) is 0 Å². The molecule has 0 amide bonds. The highest BCUT2D eigenvalue weighted by Gasteiger charge is 2.50. The summed E-state index contributed by atoms with van der Waals surface area (Å²) in [5.41, 5.74) is 12.3. The van der Waals surface area contributed by atoms with Crippen LogP contribution in [0.1, 0.15) is 33.4 Å². The van der Waals surface area contributed by atoms with E-state index in [0.29, 0.717) is 33.9 Å². The van der Waals surface area contributed by atoms with Gasteiger partial charge in [-0.25, -0.2) is 8.78 Å². The Balaban J connectivity index is 1.24. The zero-order valence-corrected chi connectivity index (χ0v) is 32.5. The fourth-order valence-corrected chi connectivity index (χ4v) is 9.72. The van der Waals surface area contributed by atoms with Crippen LogP contribution in [0.5, 0.6) is 0 Å². The van der Waals surface area contributed by atoms with Gasteiger partial charge in [0.2, 0.25) is 0 Å². The maximum Gasteiger partial charge on any atom is 0.147 e. The summed E-state index contributed by atoms with van der Waals surface area (Å²) in [6, 6.07) is 66.5. The molecule has 0 saturated carbocycles. The number of para-hydroxylation sites is 2. The second-order valence-corrected chi connectivity index (χ2v) is 15.4. The summed E-state index contributed by atoms with van der Waals surface area (Å²) in [5.74, 6) is -0.764. The first-order valence-corrected chi connectivity index (χ1v) is 20.0. The topological polar surface area (TPSA) is 54.1 Å². The third-order valence-electron chi connectivity index (χ3n) is 12.2. The Kier molecular flexibility index (Phi) is 8.17. The predicted octanol–water partition coefficient (Wildman–Crippen LogP) is 14.1. The van der Waals surface area contributed by atoms with Gasteiger partial charge in [-0.3, -0.25) is 0 Å². The third kappa shape index (κ3) is 5.33. The lowest BCUT2D eigenvalue weighted by atomic mass is 9.61. The summed E-state index contributed by atoms with van der Waals surface area (Å²) in [6.07, 6.45) is 0. The molecule has 0 aromatic heterocycles. The lowest BCUT2D eigenvalue weighted by Crippen LogP contribution is -2.32. The Bertz CT molecular complexity index is 3320. The summed E-state index contributed by atoms with van der Waals surface area (Å²) in [5, 5.41) is 21.6. The van der Waals surface area contributed by atoms with Crippen LogP contribution >= 0.6 is 0 Å². The largest absolute Gasteiger partial charge is 0.308 e. The van der Waals surface area contributed by atoms with Gasteiger partial charge in [0, 0.05) is 22.7 Å². The van der Waals surface area contributed by atoms with Crippen LogP contribution in [-0.2, 0) is 5.41 Å². The standard InChI is InChI=1S/C55H32F2N4/c56-50-15-3-5-17-52(50)60(38-23-19-35(33-58)20-24-38)40-27-29-43-42-11-1-2-13-46(42)55(48(43)31-40)47-14-8-10-37-9-7-12-45(54(37)47)44-30-28-41(32-49(44)55)61(53-18-6-4-16-51(53)57)39-25-21-36(34-59)22-26-39/h1-32H. The molecule has 9 aromatic carbocycles. The molecular weight excluding hydrogens is 755 g/mol. The van der Waals surface area contributed by atoms with E-state index in [9.17, 15) is 10.5 Å². The van der Waals surface area contributed by atoms with Crippen LogP contribution in [0.2, 0.25) is 0 Å². The van der Waals surface area contributed by atoms with Gasteiger partial charge in [-0.2, -0.15) is 10.5 Å². The van der Waals surface area contributed by atoms with Gasteiger partial charge in [0.1, 0.15) is 11.6 Å². The summed E-state index contributed by atoms with van der Waals surface area (Å²) in [7, 11) is 0. The highest BCUT2D eigenvalue weighted by Crippen LogP contribution is 2.63. The van der Waals surface area contributed by atoms with Crippen LogP contribution in [0.3, 0.4) is 0 Å². The second-order valence-electron chi connectivity index (χ2n) is 15.4. The van der Waals surface area contributed by atoms with Gasteiger partial charge >= 0.3 is 0 Å². The van der Waals surface area contributed by atoms with E-state index in [4.69, 9.17) is 0 Å². The molecule has 0 bridgehead atoms. The van der Waals surface area contributed by atoms with Gasteiger partial charge in [-0.1, -0.05) is 97.1 Å². The van der Waals surface area contributed by atoms with E-state index in [1.54, 1.807) is 48.5 Å². The van der Waals surface area contributed by atoms with Crippen molar-refractivity contribution in [1.29, 1.82) is 10.5 Å². The Morgan fingerprint density at radius 3 is 1.34 bits per heavy atom. The Morgan fingerprint density at radius 1 is 0.377 bits per heavy atom. The van der Waals surface area contributed by atoms with E-state index < -0.39 is 5.41 Å². The van der Waals surface area contributed by atoms with E-state index in [0.717, 1.165) is 66.7 Å². The smallest absolute Gasteiger partial charge is 0.147 e. The van der Waals surface area contributed by atoms with Crippen LogP contribution in [0, 0.1) is 34.3 Å². The number of hydrogen-bond acceptors (Lipinski definition) is 4. The fourth-order valence-electron chi connectivity index (χ4n) is 9.72. The molecule has 0 saturated heterocycles. The van der Waals surface area contributed by atoms with Crippen molar-refractivity contribution in [3.8, 4) is 34.4 Å². The SMILES string of the molecule is N#Cc1ccc(N(c2ccc3c(c2)C2(c4ccccc4-3)c3cc(N(c4ccc(C#N)cc4)c4ccccc4F)ccc3-c3cccc4cccc2c34)c2ccccc2F)cc1. The Hall–Kier alpha value is -8.32. The normalized spacial score (nSPS) is 14.1. The zero-order chi connectivity index (χ0) is 41.2. The minimum Gasteiger partial charge on any atom is -0.308 e. The minimum absolute atomic E-state index is 0.372. The van der Waals surface area contributed by atoms with Crippen LogP contribution in [0.25, 0.3) is 33.0 Å². The average molecular weight is 787 g/mol. The van der Waals surface area contributed by atoms with Gasteiger partial charge in [0.25, 0.3) is 0 Å². The van der Waals surface area contributed by atoms with Gasteiger partial charge in [0.15, 0.2) is 0 Å². The molecule has 0 heterocycles. The number of hydrogen-bond donors (Lipinski definition) is 0. The first-order valence-electron chi connectivity index (χ1n) is 20.0. The molecule has 0 radical (unpaired) electrons. The Labute approximate surface area is 351 Å². The van der Waals surface area contributed by atoms with Gasteiger partial charge in [0.05, 0.1) is 40.1 Å². The monoisotopic (exact) mass is 786 g/mol. The number of benzene rings is 9. The molecule has 1 atom stereocenters. The average Bonchev–Trinajstić information content (AvgIpc) is 3.60.